The summed E-state index contributed by atoms with van der Waals surface area (Å²) in [4.78, 5) is 0. The Morgan fingerprint density at radius 1 is 1.05 bits per heavy atom. The fourth-order valence-electron chi connectivity index (χ4n) is 1.74. The van der Waals surface area contributed by atoms with E-state index < -0.39 is 25.7 Å². The van der Waals surface area contributed by atoms with Crippen LogP contribution in [-0.2, 0) is 16.2 Å². The fraction of sp³-hybridized carbons (Fsp3) is 0.462. The summed E-state index contributed by atoms with van der Waals surface area (Å²) in [6.45, 7) is 7.35. The van der Waals surface area contributed by atoms with Crippen LogP contribution in [-0.4, -0.2) is 8.32 Å². The van der Waals surface area contributed by atoms with Crippen LogP contribution in [0.3, 0.4) is 0 Å². The van der Waals surface area contributed by atoms with Crippen LogP contribution in [0.2, 0.25) is 19.6 Å². The number of alkyl halides is 3. The highest BCUT2D eigenvalue weighted by Gasteiger charge is 2.35. The lowest BCUT2D eigenvalue weighted by atomic mass is 9.97. The molecule has 104 valence electrons. The summed E-state index contributed by atoms with van der Waals surface area (Å²) >= 11 is 0. The second-order valence-corrected chi connectivity index (χ2v) is 9.86. The van der Waals surface area contributed by atoms with Gasteiger partial charge in [-0.15, -0.1) is 0 Å². The Balaban J connectivity index is 3.11. The van der Waals surface area contributed by atoms with E-state index in [1.54, 1.807) is 6.92 Å². The molecule has 0 aromatic heterocycles. The van der Waals surface area contributed by atoms with Gasteiger partial charge in [-0.3, -0.25) is 0 Å². The van der Waals surface area contributed by atoms with E-state index in [0.29, 0.717) is 5.56 Å². The molecule has 0 spiro atoms. The van der Waals surface area contributed by atoms with Crippen LogP contribution in [0.4, 0.5) is 13.2 Å². The van der Waals surface area contributed by atoms with Gasteiger partial charge in [0.15, 0.2) is 13.9 Å². The van der Waals surface area contributed by atoms with Gasteiger partial charge in [-0.25, -0.2) is 0 Å². The lowest BCUT2D eigenvalue weighted by Crippen LogP contribution is -2.37. The molecule has 0 bridgehead atoms. The van der Waals surface area contributed by atoms with Gasteiger partial charge in [-0.1, -0.05) is 12.1 Å². The molecule has 6 heteroatoms. The van der Waals surface area contributed by atoms with E-state index >= 15 is 0 Å². The van der Waals surface area contributed by atoms with Gasteiger partial charge in [0.1, 0.15) is 6.07 Å². The second kappa shape index (κ2) is 4.98. The first-order chi connectivity index (χ1) is 8.48. The topological polar surface area (TPSA) is 33.0 Å². The quantitative estimate of drug-likeness (QED) is 0.777. The molecule has 19 heavy (non-hydrogen) atoms. The van der Waals surface area contributed by atoms with Gasteiger partial charge in [-0.2, -0.15) is 18.4 Å². The predicted molar refractivity (Wildman–Crippen MR) is 68.8 cm³/mol. The van der Waals surface area contributed by atoms with Gasteiger partial charge in [0.05, 0.1) is 5.56 Å². The molecule has 0 aliphatic carbocycles. The van der Waals surface area contributed by atoms with E-state index in [4.69, 9.17) is 4.43 Å². The first-order valence-electron chi connectivity index (χ1n) is 5.77. The monoisotopic (exact) mass is 287 g/mol. The average molecular weight is 287 g/mol. The molecule has 1 unspecified atom stereocenters. The molecule has 0 fully saturated rings. The zero-order chi connectivity index (χ0) is 14.9. The van der Waals surface area contributed by atoms with E-state index in [-0.39, 0.29) is 0 Å². The normalized spacial score (nSPS) is 15.7. The minimum Gasteiger partial charge on any atom is -0.397 e. The first-order valence-corrected chi connectivity index (χ1v) is 9.18. The van der Waals surface area contributed by atoms with Crippen LogP contribution in [0.15, 0.2) is 24.3 Å². The largest absolute Gasteiger partial charge is 0.416 e. The van der Waals surface area contributed by atoms with E-state index in [1.165, 1.54) is 12.1 Å². The minimum absolute atomic E-state index is 0.436. The SMILES string of the molecule is CC(C#N)(O[Si](C)(C)C)c1ccc(C(F)(F)F)cc1. The predicted octanol–water partition coefficient (Wildman–Crippen LogP) is 4.30. The molecular formula is C13H16F3NOSi. The van der Waals surface area contributed by atoms with Crippen LogP contribution >= 0.6 is 0 Å². The third-order valence-electron chi connectivity index (χ3n) is 2.49. The van der Waals surface area contributed by atoms with Crippen LogP contribution in [0.1, 0.15) is 18.1 Å². The van der Waals surface area contributed by atoms with Crippen molar-refractivity contribution in [2.75, 3.05) is 0 Å². The van der Waals surface area contributed by atoms with E-state index in [9.17, 15) is 18.4 Å². The Morgan fingerprint density at radius 3 is 1.79 bits per heavy atom. The highest BCUT2D eigenvalue weighted by Crippen LogP contribution is 2.33. The molecule has 1 aromatic rings. The van der Waals surface area contributed by atoms with Crippen molar-refractivity contribution in [3.8, 4) is 6.07 Å². The van der Waals surface area contributed by atoms with Crippen LogP contribution in [0, 0.1) is 11.3 Å². The molecule has 0 saturated heterocycles. The summed E-state index contributed by atoms with van der Waals surface area (Å²) in [5.74, 6) is 0. The van der Waals surface area contributed by atoms with Crippen molar-refractivity contribution in [3.63, 3.8) is 0 Å². The zero-order valence-electron chi connectivity index (χ0n) is 11.3. The summed E-state index contributed by atoms with van der Waals surface area (Å²) in [7, 11) is -1.99. The Bertz CT molecular complexity index is 485. The van der Waals surface area contributed by atoms with Gasteiger partial charge in [0.2, 0.25) is 0 Å². The van der Waals surface area contributed by atoms with Gasteiger partial charge in [-0.05, 0) is 44.3 Å². The maximum absolute atomic E-state index is 12.5. The first kappa shape index (κ1) is 15.7. The Kier molecular flexibility index (Phi) is 4.13. The van der Waals surface area contributed by atoms with Crippen molar-refractivity contribution in [2.45, 2.75) is 38.3 Å². The van der Waals surface area contributed by atoms with E-state index in [2.05, 4.69) is 0 Å². The summed E-state index contributed by atoms with van der Waals surface area (Å²) in [5, 5.41) is 9.26. The van der Waals surface area contributed by atoms with Crippen molar-refractivity contribution in [1.82, 2.24) is 0 Å². The second-order valence-electron chi connectivity index (χ2n) is 5.43. The van der Waals surface area contributed by atoms with E-state index in [0.717, 1.165) is 12.1 Å². The van der Waals surface area contributed by atoms with Crippen LogP contribution in [0.5, 0.6) is 0 Å². The van der Waals surface area contributed by atoms with Gasteiger partial charge in [0, 0.05) is 0 Å². The lowest BCUT2D eigenvalue weighted by molar-refractivity contribution is -0.137. The van der Waals surface area contributed by atoms with Crippen molar-refractivity contribution in [2.24, 2.45) is 0 Å². The molecule has 0 heterocycles. The number of halogens is 3. The lowest BCUT2D eigenvalue weighted by Gasteiger charge is -2.31. The van der Waals surface area contributed by atoms with Crippen molar-refractivity contribution in [3.05, 3.63) is 35.4 Å². The number of nitriles is 1. The van der Waals surface area contributed by atoms with Crippen molar-refractivity contribution < 1.29 is 17.6 Å². The van der Waals surface area contributed by atoms with E-state index in [1.807, 2.05) is 25.7 Å². The minimum atomic E-state index is -4.37. The smallest absolute Gasteiger partial charge is 0.397 e. The fourth-order valence-corrected chi connectivity index (χ4v) is 3.12. The third-order valence-corrected chi connectivity index (χ3v) is 3.51. The molecule has 0 radical (unpaired) electrons. The number of benzene rings is 1. The summed E-state index contributed by atoms with van der Waals surface area (Å²) in [5.41, 5.74) is -1.51. The molecule has 0 saturated carbocycles. The summed E-state index contributed by atoms with van der Waals surface area (Å²) in [6.07, 6.45) is -4.37. The Labute approximate surface area is 111 Å². The number of nitrogens with zero attached hydrogens (tertiary/aromatic N) is 1. The highest BCUT2D eigenvalue weighted by atomic mass is 28.4. The molecule has 1 atom stereocenters. The molecule has 0 aliphatic rings. The molecule has 1 rings (SSSR count). The van der Waals surface area contributed by atoms with Crippen LogP contribution in [0.25, 0.3) is 0 Å². The standard InChI is InChI=1S/C13H16F3NOSi/c1-12(9-17,18-19(2,3)4)10-5-7-11(8-6-10)13(14,15)16/h5-8H,1-4H3. The van der Waals surface area contributed by atoms with Gasteiger partial charge < -0.3 is 4.43 Å². The van der Waals surface area contributed by atoms with Crippen molar-refractivity contribution >= 4 is 8.32 Å². The highest BCUT2D eigenvalue weighted by molar-refractivity contribution is 6.69. The van der Waals surface area contributed by atoms with Gasteiger partial charge in [0.25, 0.3) is 0 Å². The van der Waals surface area contributed by atoms with Gasteiger partial charge >= 0.3 is 6.18 Å². The molecule has 1 aromatic carbocycles. The molecule has 2 nitrogen and oxygen atoms in total. The number of rotatable bonds is 3. The average Bonchev–Trinajstić information content (AvgIpc) is 2.26. The summed E-state index contributed by atoms with van der Waals surface area (Å²) in [6, 6.07) is 6.58. The Morgan fingerprint density at radius 2 is 1.47 bits per heavy atom. The maximum Gasteiger partial charge on any atom is 0.416 e. The summed E-state index contributed by atoms with van der Waals surface area (Å²) < 4.78 is 43.2. The zero-order valence-corrected chi connectivity index (χ0v) is 12.3. The molecule has 0 aliphatic heterocycles. The number of hydrogen-bond donors (Lipinski definition) is 0. The molecule has 0 amide bonds. The third kappa shape index (κ3) is 4.08. The van der Waals surface area contributed by atoms with Crippen LogP contribution < -0.4 is 0 Å². The molecular weight excluding hydrogens is 271 g/mol. The molecule has 0 N–H and O–H groups in total. The Hall–Kier alpha value is -1.32. The maximum atomic E-state index is 12.5. The van der Waals surface area contributed by atoms with Crippen molar-refractivity contribution in [1.29, 1.82) is 5.26 Å². The number of hydrogen-bond acceptors (Lipinski definition) is 2.